The van der Waals surface area contributed by atoms with Gasteiger partial charge in [0.05, 0.1) is 21.5 Å². The van der Waals surface area contributed by atoms with Crippen LogP contribution in [-0.4, -0.2) is 31.7 Å². The largest absolute Gasteiger partial charge is 0.345 e. The van der Waals surface area contributed by atoms with E-state index < -0.39 is 10.0 Å². The van der Waals surface area contributed by atoms with Gasteiger partial charge in [0.1, 0.15) is 0 Å². The molecule has 7 heteroatoms. The Morgan fingerprint density at radius 1 is 1.14 bits per heavy atom. The van der Waals surface area contributed by atoms with E-state index in [1.165, 1.54) is 22.5 Å². The minimum atomic E-state index is -3.61. The van der Waals surface area contributed by atoms with Gasteiger partial charge in [-0.2, -0.15) is 4.31 Å². The molecule has 150 valence electrons. The Balaban J connectivity index is 1.85. The molecule has 1 amide bonds. The van der Waals surface area contributed by atoms with Gasteiger partial charge in [0, 0.05) is 13.1 Å². The van der Waals surface area contributed by atoms with Crippen molar-refractivity contribution in [2.75, 3.05) is 13.1 Å². The minimum absolute atomic E-state index is 0.104. The van der Waals surface area contributed by atoms with Crippen LogP contribution in [0.15, 0.2) is 47.4 Å². The van der Waals surface area contributed by atoms with E-state index in [1.807, 2.05) is 38.1 Å². The zero-order valence-corrected chi connectivity index (χ0v) is 17.7. The number of nitrogens with one attached hydrogen (secondary N) is 1. The van der Waals surface area contributed by atoms with Crippen LogP contribution in [0.1, 0.15) is 53.7 Å². The van der Waals surface area contributed by atoms with Crippen molar-refractivity contribution in [1.29, 1.82) is 0 Å². The van der Waals surface area contributed by atoms with Gasteiger partial charge in [0.15, 0.2) is 0 Å². The normalized spacial score (nSPS) is 16.1. The summed E-state index contributed by atoms with van der Waals surface area (Å²) in [5.41, 5.74) is 2.32. The third kappa shape index (κ3) is 4.40. The average molecular weight is 421 g/mol. The number of benzene rings is 2. The fourth-order valence-corrected chi connectivity index (χ4v) is 5.12. The Kier molecular flexibility index (Phi) is 6.43. The van der Waals surface area contributed by atoms with Crippen LogP contribution >= 0.6 is 11.6 Å². The van der Waals surface area contributed by atoms with Gasteiger partial charge >= 0.3 is 0 Å². The highest BCUT2D eigenvalue weighted by Crippen LogP contribution is 2.26. The molecule has 2 aromatic rings. The van der Waals surface area contributed by atoms with Crippen molar-refractivity contribution in [2.45, 2.75) is 44.0 Å². The SMILES string of the molecule is CC[C@@H](NC(=O)c1cc(S(=O)(=O)N2CCCC2)ccc1Cl)c1ccc(C)cc1. The molecule has 5 nitrogen and oxygen atoms in total. The Labute approximate surface area is 171 Å². The van der Waals surface area contributed by atoms with Gasteiger partial charge in [-0.25, -0.2) is 8.42 Å². The molecule has 0 unspecified atom stereocenters. The summed E-state index contributed by atoms with van der Waals surface area (Å²) in [5.74, 6) is -0.379. The highest BCUT2D eigenvalue weighted by molar-refractivity contribution is 7.89. The van der Waals surface area contributed by atoms with E-state index >= 15 is 0 Å². The lowest BCUT2D eigenvalue weighted by atomic mass is 10.0. The minimum Gasteiger partial charge on any atom is -0.345 e. The first-order valence-corrected chi connectivity index (χ1v) is 11.3. The van der Waals surface area contributed by atoms with Gasteiger partial charge in [0.2, 0.25) is 10.0 Å². The third-order valence-corrected chi connectivity index (χ3v) is 7.30. The van der Waals surface area contributed by atoms with Crippen molar-refractivity contribution in [3.63, 3.8) is 0 Å². The molecule has 1 aliphatic heterocycles. The average Bonchev–Trinajstić information content (AvgIpc) is 3.22. The molecule has 0 aromatic heterocycles. The topological polar surface area (TPSA) is 66.5 Å². The Morgan fingerprint density at radius 2 is 1.79 bits per heavy atom. The van der Waals surface area contributed by atoms with Gasteiger partial charge in [-0.05, 0) is 49.9 Å². The summed E-state index contributed by atoms with van der Waals surface area (Å²) in [6.07, 6.45) is 2.42. The number of sulfonamides is 1. The summed E-state index contributed by atoms with van der Waals surface area (Å²) in [6.45, 7) is 5.02. The van der Waals surface area contributed by atoms with Crippen molar-refractivity contribution in [3.05, 3.63) is 64.2 Å². The summed E-state index contributed by atoms with van der Waals surface area (Å²) < 4.78 is 27.1. The summed E-state index contributed by atoms with van der Waals surface area (Å²) in [6, 6.07) is 12.1. The van der Waals surface area contributed by atoms with Gasteiger partial charge in [-0.1, -0.05) is 48.4 Å². The molecule has 3 rings (SSSR count). The Bertz CT molecular complexity index is 952. The smallest absolute Gasteiger partial charge is 0.253 e. The number of halogens is 1. The quantitative estimate of drug-likeness (QED) is 0.756. The maximum atomic E-state index is 12.9. The molecule has 28 heavy (non-hydrogen) atoms. The van der Waals surface area contributed by atoms with Crippen LogP contribution in [0.4, 0.5) is 0 Å². The second-order valence-corrected chi connectivity index (χ2v) is 9.44. The summed E-state index contributed by atoms with van der Waals surface area (Å²) in [4.78, 5) is 13.0. The maximum absolute atomic E-state index is 12.9. The highest BCUT2D eigenvalue weighted by atomic mass is 35.5. The number of hydrogen-bond acceptors (Lipinski definition) is 3. The number of carbonyl (C=O) groups is 1. The van der Waals surface area contributed by atoms with Crippen LogP contribution in [0, 0.1) is 6.92 Å². The molecule has 0 saturated carbocycles. The number of rotatable bonds is 6. The molecule has 1 atom stereocenters. The Morgan fingerprint density at radius 3 is 2.39 bits per heavy atom. The van der Waals surface area contributed by atoms with Crippen LogP contribution in [-0.2, 0) is 10.0 Å². The van der Waals surface area contributed by atoms with Gasteiger partial charge in [0.25, 0.3) is 5.91 Å². The second-order valence-electron chi connectivity index (χ2n) is 7.10. The lowest BCUT2D eigenvalue weighted by Crippen LogP contribution is -2.30. The summed E-state index contributed by atoms with van der Waals surface area (Å²) in [7, 11) is -3.61. The van der Waals surface area contributed by atoms with Crippen LogP contribution in [0.2, 0.25) is 5.02 Å². The molecule has 1 heterocycles. The van der Waals surface area contributed by atoms with E-state index in [4.69, 9.17) is 11.6 Å². The number of nitrogens with zero attached hydrogens (tertiary/aromatic N) is 1. The van der Waals surface area contributed by atoms with E-state index in [2.05, 4.69) is 5.32 Å². The highest BCUT2D eigenvalue weighted by Gasteiger charge is 2.28. The Hall–Kier alpha value is -1.89. The molecular formula is C21H25ClN2O3S. The molecule has 0 bridgehead atoms. The van der Waals surface area contributed by atoms with Crippen LogP contribution in [0.3, 0.4) is 0 Å². The van der Waals surface area contributed by atoms with E-state index in [9.17, 15) is 13.2 Å². The first-order valence-electron chi connectivity index (χ1n) is 9.50. The second kappa shape index (κ2) is 8.64. The molecule has 2 aromatic carbocycles. The maximum Gasteiger partial charge on any atom is 0.253 e. The van der Waals surface area contributed by atoms with Crippen LogP contribution in [0.5, 0.6) is 0 Å². The predicted molar refractivity (Wildman–Crippen MR) is 111 cm³/mol. The lowest BCUT2D eigenvalue weighted by molar-refractivity contribution is 0.0935. The standard InChI is InChI=1S/C21H25ClN2O3S/c1-3-20(16-8-6-15(2)7-9-16)23-21(25)18-14-17(10-11-19(18)22)28(26,27)24-12-4-5-13-24/h6-11,14,20H,3-5,12-13H2,1-2H3,(H,23,25)/t20-/m1/s1. The first kappa shape index (κ1) is 20.8. The number of amides is 1. The van der Waals surface area contributed by atoms with Gasteiger partial charge < -0.3 is 5.32 Å². The van der Waals surface area contributed by atoms with Crippen molar-refractivity contribution >= 4 is 27.5 Å². The third-order valence-electron chi connectivity index (χ3n) is 5.08. The molecule has 1 saturated heterocycles. The molecule has 1 aliphatic rings. The molecule has 0 radical (unpaired) electrons. The zero-order valence-electron chi connectivity index (χ0n) is 16.1. The molecule has 1 N–H and O–H groups in total. The number of hydrogen-bond donors (Lipinski definition) is 1. The monoisotopic (exact) mass is 420 g/mol. The molecule has 1 fully saturated rings. The van der Waals surface area contributed by atoms with Crippen molar-refractivity contribution in [3.8, 4) is 0 Å². The van der Waals surface area contributed by atoms with E-state index in [0.717, 1.165) is 24.0 Å². The molecular weight excluding hydrogens is 396 g/mol. The zero-order chi connectivity index (χ0) is 20.3. The number of carbonyl (C=O) groups excluding carboxylic acids is 1. The molecule has 0 spiro atoms. The van der Waals surface area contributed by atoms with Crippen LogP contribution < -0.4 is 5.32 Å². The van der Waals surface area contributed by atoms with Crippen molar-refractivity contribution < 1.29 is 13.2 Å². The first-order chi connectivity index (χ1) is 13.3. The van der Waals surface area contributed by atoms with Crippen molar-refractivity contribution in [2.24, 2.45) is 0 Å². The predicted octanol–water partition coefficient (Wildman–Crippen LogP) is 4.31. The van der Waals surface area contributed by atoms with E-state index in [1.54, 1.807) is 0 Å². The van der Waals surface area contributed by atoms with Crippen LogP contribution in [0.25, 0.3) is 0 Å². The van der Waals surface area contributed by atoms with Gasteiger partial charge in [-0.3, -0.25) is 4.79 Å². The fraction of sp³-hybridized carbons (Fsp3) is 0.381. The summed E-state index contributed by atoms with van der Waals surface area (Å²) >= 11 is 6.23. The number of aryl methyl sites for hydroxylation is 1. The molecule has 0 aliphatic carbocycles. The summed E-state index contributed by atoms with van der Waals surface area (Å²) in [5, 5.41) is 3.21. The van der Waals surface area contributed by atoms with E-state index in [-0.39, 0.29) is 27.4 Å². The van der Waals surface area contributed by atoms with Crippen molar-refractivity contribution in [1.82, 2.24) is 9.62 Å². The fourth-order valence-electron chi connectivity index (χ4n) is 3.37. The lowest BCUT2D eigenvalue weighted by Gasteiger charge is -2.19. The van der Waals surface area contributed by atoms with E-state index in [0.29, 0.717) is 19.5 Å². The van der Waals surface area contributed by atoms with Gasteiger partial charge in [-0.15, -0.1) is 0 Å².